The van der Waals surface area contributed by atoms with Crippen molar-refractivity contribution in [3.8, 4) is 0 Å². The molecule has 1 heterocycles. The number of carbonyl (C=O) groups excluding carboxylic acids is 5. The second-order valence-electron chi connectivity index (χ2n) is 12.1. The zero-order valence-corrected chi connectivity index (χ0v) is 26.0. The van der Waals surface area contributed by atoms with Crippen molar-refractivity contribution in [2.75, 3.05) is 6.54 Å². The number of hydrogen-bond donors (Lipinski definition) is 5. The van der Waals surface area contributed by atoms with Gasteiger partial charge in [0.1, 0.15) is 12.1 Å². The van der Waals surface area contributed by atoms with E-state index in [-0.39, 0.29) is 24.3 Å². The Hall–Kier alpha value is -3.54. The topological polar surface area (TPSA) is 188 Å². The van der Waals surface area contributed by atoms with Crippen LogP contribution < -0.4 is 21.7 Å². The summed E-state index contributed by atoms with van der Waals surface area (Å²) >= 11 is 0. The minimum Gasteiger partial charge on any atom is -0.479 e. The van der Waals surface area contributed by atoms with Gasteiger partial charge in [-0.1, -0.05) is 64.2 Å². The molecule has 5 atom stereocenters. The first-order valence-electron chi connectivity index (χ1n) is 16.2. The average Bonchev–Trinajstić information content (AvgIpc) is 3.45. The minimum absolute atomic E-state index is 0.0835. The number of ketones is 1. The molecule has 0 aromatic carbocycles. The number of nitrogens with two attached hydrogens (primary N) is 1. The molecule has 6 N–H and O–H groups in total. The first-order chi connectivity index (χ1) is 21.1. The number of rotatable bonds is 15. The molecule has 12 nitrogen and oxygen atoms in total. The van der Waals surface area contributed by atoms with Crippen molar-refractivity contribution in [3.05, 3.63) is 23.8 Å². The molecule has 0 radical (unpaired) electrons. The molecule has 44 heavy (non-hydrogen) atoms. The van der Waals surface area contributed by atoms with E-state index in [2.05, 4.69) is 16.0 Å². The zero-order chi connectivity index (χ0) is 32.2. The molecule has 3 aliphatic rings. The highest BCUT2D eigenvalue weighted by atomic mass is 16.4. The van der Waals surface area contributed by atoms with Crippen LogP contribution in [0.2, 0.25) is 0 Å². The quantitative estimate of drug-likeness (QED) is 0.173. The van der Waals surface area contributed by atoms with Gasteiger partial charge in [-0.15, -0.1) is 0 Å². The predicted molar refractivity (Wildman–Crippen MR) is 164 cm³/mol. The summed E-state index contributed by atoms with van der Waals surface area (Å²) < 4.78 is 0. The Balaban J connectivity index is 1.62. The number of hydrogen-bond acceptors (Lipinski definition) is 7. The van der Waals surface area contributed by atoms with Crippen molar-refractivity contribution in [1.29, 1.82) is 0 Å². The lowest BCUT2D eigenvalue weighted by Crippen LogP contribution is -2.58. The van der Waals surface area contributed by atoms with Gasteiger partial charge in [0, 0.05) is 6.04 Å². The van der Waals surface area contributed by atoms with E-state index in [1.54, 1.807) is 17.1 Å². The van der Waals surface area contributed by atoms with Gasteiger partial charge < -0.3 is 31.7 Å². The second-order valence-corrected chi connectivity index (χ2v) is 12.1. The molecule has 2 aliphatic carbocycles. The Kier molecular flexibility index (Phi) is 13.6. The fourth-order valence-corrected chi connectivity index (χ4v) is 6.58. The maximum Gasteiger partial charge on any atom is 0.330 e. The van der Waals surface area contributed by atoms with Crippen molar-refractivity contribution in [3.63, 3.8) is 0 Å². The summed E-state index contributed by atoms with van der Waals surface area (Å²) in [5, 5.41) is 16.9. The Morgan fingerprint density at radius 1 is 1.00 bits per heavy atom. The van der Waals surface area contributed by atoms with Crippen molar-refractivity contribution < 1.29 is 33.9 Å². The van der Waals surface area contributed by atoms with E-state index in [0.717, 1.165) is 44.9 Å². The fourth-order valence-electron chi connectivity index (χ4n) is 6.58. The van der Waals surface area contributed by atoms with Crippen molar-refractivity contribution in [2.45, 2.75) is 128 Å². The molecule has 244 valence electrons. The summed E-state index contributed by atoms with van der Waals surface area (Å²) in [6, 6.07) is -3.97. The number of aliphatic carboxylic acids is 1. The molecule has 3 unspecified atom stereocenters. The lowest BCUT2D eigenvalue weighted by atomic mass is 9.83. The molecule has 0 aromatic heterocycles. The number of nitrogens with zero attached hydrogens (tertiary/aromatic N) is 1. The molecule has 3 rings (SSSR count). The predicted octanol–water partition coefficient (Wildman–Crippen LogP) is 1.87. The highest BCUT2D eigenvalue weighted by Gasteiger charge is 2.44. The normalized spacial score (nSPS) is 22.3. The number of amides is 4. The minimum atomic E-state index is -1.24. The first kappa shape index (κ1) is 34.9. The second kappa shape index (κ2) is 17.1. The third kappa shape index (κ3) is 9.23. The molecule has 1 saturated heterocycles. The van der Waals surface area contributed by atoms with Gasteiger partial charge in [-0.3, -0.25) is 24.0 Å². The Bertz CT molecular complexity index is 1130. The molecule has 2 fully saturated rings. The monoisotopic (exact) mass is 615 g/mol. The van der Waals surface area contributed by atoms with Gasteiger partial charge in [0.15, 0.2) is 0 Å². The van der Waals surface area contributed by atoms with E-state index in [9.17, 15) is 33.9 Å². The van der Waals surface area contributed by atoms with Crippen LogP contribution in [0.25, 0.3) is 0 Å². The average molecular weight is 616 g/mol. The summed E-state index contributed by atoms with van der Waals surface area (Å²) in [6.07, 6.45) is 14.7. The molecular weight excluding hydrogens is 566 g/mol. The number of carboxylic acid groups (broad SMARTS) is 1. The van der Waals surface area contributed by atoms with Crippen LogP contribution in [-0.2, 0) is 28.8 Å². The van der Waals surface area contributed by atoms with Crippen molar-refractivity contribution in [2.24, 2.45) is 11.7 Å². The smallest absolute Gasteiger partial charge is 0.330 e. The highest BCUT2D eigenvalue weighted by Crippen LogP contribution is 2.32. The lowest BCUT2D eigenvalue weighted by Gasteiger charge is -2.35. The van der Waals surface area contributed by atoms with E-state index in [1.165, 1.54) is 0 Å². The van der Waals surface area contributed by atoms with E-state index in [4.69, 9.17) is 5.73 Å². The molecule has 0 aromatic rings. The molecule has 12 heteroatoms. The SMILES string of the molecule is CCCC(NC(=O)[C@@H]1CC[C@H](CCC)N1C(=O)C(N)C1CCCCC1)C(=O)C(=O)NCC(=O)NC(C(=O)O)C1=CC=CCC1. The van der Waals surface area contributed by atoms with Gasteiger partial charge in [0.25, 0.3) is 5.91 Å². The van der Waals surface area contributed by atoms with Gasteiger partial charge >= 0.3 is 5.97 Å². The number of allylic oxidation sites excluding steroid dienone is 3. The summed E-state index contributed by atoms with van der Waals surface area (Å²) in [7, 11) is 0. The largest absolute Gasteiger partial charge is 0.479 e. The van der Waals surface area contributed by atoms with Crippen LogP contribution in [-0.4, -0.2) is 82.1 Å². The molecule has 4 amide bonds. The van der Waals surface area contributed by atoms with E-state index >= 15 is 0 Å². The van der Waals surface area contributed by atoms with E-state index in [1.807, 2.05) is 19.9 Å². The number of Topliss-reactive ketones (excluding diaryl/α,β-unsaturated/α-hetero) is 1. The maximum absolute atomic E-state index is 13.7. The van der Waals surface area contributed by atoms with E-state index < -0.39 is 60.2 Å². The van der Waals surface area contributed by atoms with Crippen LogP contribution in [0.3, 0.4) is 0 Å². The molecule has 0 spiro atoms. The number of likely N-dealkylation sites (tertiary alicyclic amines) is 1. The molecular formula is C32H49N5O7. The van der Waals surface area contributed by atoms with Crippen LogP contribution in [0.15, 0.2) is 23.8 Å². The van der Waals surface area contributed by atoms with Gasteiger partial charge in [0.2, 0.25) is 23.5 Å². The van der Waals surface area contributed by atoms with Crippen LogP contribution in [0.1, 0.15) is 97.3 Å². The Morgan fingerprint density at radius 2 is 1.73 bits per heavy atom. The Labute approximate surface area is 259 Å². The lowest BCUT2D eigenvalue weighted by molar-refractivity contribution is -0.144. The summed E-state index contributed by atoms with van der Waals surface area (Å²) in [4.78, 5) is 78.9. The number of carboxylic acids is 1. The summed E-state index contributed by atoms with van der Waals surface area (Å²) in [5.41, 5.74) is 7.00. The molecule has 0 bridgehead atoms. The number of nitrogens with one attached hydrogen (secondary N) is 3. The van der Waals surface area contributed by atoms with Gasteiger partial charge in [-0.25, -0.2) is 4.79 Å². The standard InChI is InChI=1S/C32H49N5O7/c1-3-11-22-17-18-24(37(22)31(42)26(33)20-13-7-5-8-14-20)29(40)35-23(12-4-2)28(39)30(41)34-19-25(38)36-27(32(43)44)21-15-9-6-10-16-21/h6,9,15,20,22-24,26-27H,3-5,7-8,10-14,16-19,33H2,1-2H3,(H,34,41)(H,35,40)(H,36,38)(H,43,44)/t22-,23?,24-,26?,27?/m0/s1. The fraction of sp³-hybridized carbons (Fsp3) is 0.688. The van der Waals surface area contributed by atoms with Crippen molar-refractivity contribution in [1.82, 2.24) is 20.9 Å². The van der Waals surface area contributed by atoms with Gasteiger partial charge in [0.05, 0.1) is 18.6 Å². The third-order valence-electron chi connectivity index (χ3n) is 8.94. The summed E-state index contributed by atoms with van der Waals surface area (Å²) in [6.45, 7) is 3.23. The number of carbonyl (C=O) groups is 6. The zero-order valence-electron chi connectivity index (χ0n) is 26.0. The maximum atomic E-state index is 13.7. The molecule has 1 aliphatic heterocycles. The molecule has 1 saturated carbocycles. The van der Waals surface area contributed by atoms with Gasteiger partial charge in [-0.2, -0.15) is 0 Å². The summed E-state index contributed by atoms with van der Waals surface area (Å²) in [5.74, 6) is -4.61. The Morgan fingerprint density at radius 3 is 2.34 bits per heavy atom. The van der Waals surface area contributed by atoms with Crippen molar-refractivity contribution >= 4 is 35.4 Å². The van der Waals surface area contributed by atoms with Crippen LogP contribution in [0.4, 0.5) is 0 Å². The van der Waals surface area contributed by atoms with Crippen LogP contribution >= 0.6 is 0 Å². The highest BCUT2D eigenvalue weighted by molar-refractivity contribution is 6.38. The first-order valence-corrected chi connectivity index (χ1v) is 16.2. The van der Waals surface area contributed by atoms with Crippen LogP contribution in [0.5, 0.6) is 0 Å². The van der Waals surface area contributed by atoms with Gasteiger partial charge in [-0.05, 0) is 62.9 Å². The third-order valence-corrected chi connectivity index (χ3v) is 8.94. The van der Waals surface area contributed by atoms with Crippen LogP contribution in [0, 0.1) is 5.92 Å². The van der Waals surface area contributed by atoms with E-state index in [0.29, 0.717) is 37.7 Å².